The summed E-state index contributed by atoms with van der Waals surface area (Å²) in [4.78, 5) is 12.3. The third-order valence-electron chi connectivity index (χ3n) is 3.94. The Hall–Kier alpha value is -3.48. The summed E-state index contributed by atoms with van der Waals surface area (Å²) in [6, 6.07) is 17.6. The summed E-state index contributed by atoms with van der Waals surface area (Å²) in [5.41, 5.74) is 1.22. The molecule has 2 aromatic heterocycles. The van der Waals surface area contributed by atoms with Gasteiger partial charge in [-0.1, -0.05) is 48.5 Å². The number of halogens is 3. The van der Waals surface area contributed by atoms with Gasteiger partial charge >= 0.3 is 6.18 Å². The summed E-state index contributed by atoms with van der Waals surface area (Å²) in [6.07, 6.45) is 0.128. The molecule has 0 fully saturated rings. The maximum atomic E-state index is 13.1. The van der Waals surface area contributed by atoms with E-state index in [1.165, 1.54) is 4.57 Å². The van der Waals surface area contributed by atoms with Gasteiger partial charge in [0, 0.05) is 6.20 Å². The molecule has 0 bridgehead atoms. The number of nitrogens with zero attached hydrogens (tertiary/aromatic N) is 4. The van der Waals surface area contributed by atoms with Crippen molar-refractivity contribution in [3.05, 3.63) is 83.9 Å². The molecule has 0 radical (unpaired) electrons. The van der Waals surface area contributed by atoms with E-state index in [4.69, 9.17) is 0 Å². The second kappa shape index (κ2) is 6.68. The van der Waals surface area contributed by atoms with Crippen LogP contribution in [0, 0.1) is 0 Å². The van der Waals surface area contributed by atoms with E-state index in [9.17, 15) is 13.2 Å². The van der Waals surface area contributed by atoms with E-state index >= 15 is 0 Å². The summed E-state index contributed by atoms with van der Waals surface area (Å²) in [6.45, 7) is 0. The van der Waals surface area contributed by atoms with E-state index in [2.05, 4.69) is 15.0 Å². The van der Waals surface area contributed by atoms with Crippen LogP contribution in [0.2, 0.25) is 0 Å². The number of alkyl halides is 3. The highest BCUT2D eigenvalue weighted by Crippen LogP contribution is 2.28. The molecule has 0 atom stereocenters. The molecule has 0 saturated carbocycles. The van der Waals surface area contributed by atoms with Gasteiger partial charge in [0.25, 0.3) is 0 Å². The van der Waals surface area contributed by atoms with Gasteiger partial charge in [0.15, 0.2) is 0 Å². The predicted octanol–water partition coefficient (Wildman–Crippen LogP) is 5.00. The van der Waals surface area contributed by atoms with Crippen molar-refractivity contribution in [1.82, 2.24) is 19.5 Å². The molecule has 2 heterocycles. The molecule has 0 spiro atoms. The van der Waals surface area contributed by atoms with Crippen LogP contribution in [0.1, 0.15) is 17.1 Å². The van der Waals surface area contributed by atoms with Crippen molar-refractivity contribution < 1.29 is 13.2 Å². The van der Waals surface area contributed by atoms with Crippen molar-refractivity contribution in [2.75, 3.05) is 0 Å². The Balaban J connectivity index is 1.88. The molecule has 0 aliphatic carbocycles. The van der Waals surface area contributed by atoms with Gasteiger partial charge in [0.2, 0.25) is 5.95 Å². The average Bonchev–Trinajstić information content (AvgIpc) is 3.05. The molecular weight excluding hydrogens is 353 g/mol. The van der Waals surface area contributed by atoms with Gasteiger partial charge in [-0.25, -0.2) is 15.0 Å². The molecule has 4 aromatic rings. The van der Waals surface area contributed by atoms with Crippen LogP contribution in [0.5, 0.6) is 0 Å². The number of hydrogen-bond acceptors (Lipinski definition) is 3. The molecule has 0 saturated heterocycles. The Morgan fingerprint density at radius 2 is 1.56 bits per heavy atom. The summed E-state index contributed by atoms with van der Waals surface area (Å²) in [7, 11) is 0. The Kier molecular flexibility index (Phi) is 4.19. The van der Waals surface area contributed by atoms with Gasteiger partial charge in [-0.2, -0.15) is 13.2 Å². The quantitative estimate of drug-likeness (QED) is 0.512. The number of benzene rings is 2. The monoisotopic (exact) mass is 366 g/mol. The molecule has 0 amide bonds. The average molecular weight is 366 g/mol. The van der Waals surface area contributed by atoms with Crippen molar-refractivity contribution >= 4 is 23.2 Å². The summed E-state index contributed by atoms with van der Waals surface area (Å²) in [5.74, 6) is 0.366. The van der Waals surface area contributed by atoms with E-state index in [1.807, 2.05) is 42.5 Å². The van der Waals surface area contributed by atoms with Gasteiger partial charge in [0.05, 0.1) is 11.0 Å². The van der Waals surface area contributed by atoms with E-state index in [-0.39, 0.29) is 5.95 Å². The van der Waals surface area contributed by atoms with Crippen molar-refractivity contribution in [2.24, 2.45) is 0 Å². The first-order chi connectivity index (χ1) is 13.0. The van der Waals surface area contributed by atoms with Crippen LogP contribution in [-0.4, -0.2) is 19.5 Å². The minimum atomic E-state index is -4.55. The summed E-state index contributed by atoms with van der Waals surface area (Å²) < 4.78 is 40.7. The van der Waals surface area contributed by atoms with Gasteiger partial charge in [0.1, 0.15) is 11.5 Å². The molecule has 2 aromatic carbocycles. The zero-order chi connectivity index (χ0) is 18.9. The van der Waals surface area contributed by atoms with Crippen LogP contribution in [0.3, 0.4) is 0 Å². The van der Waals surface area contributed by atoms with Gasteiger partial charge in [-0.3, -0.25) is 4.57 Å². The number of hydrogen-bond donors (Lipinski definition) is 0. The minimum Gasteiger partial charge on any atom is -0.261 e. The summed E-state index contributed by atoms with van der Waals surface area (Å²) >= 11 is 0. The lowest BCUT2D eigenvalue weighted by atomic mass is 10.2. The van der Waals surface area contributed by atoms with E-state index < -0.39 is 11.9 Å². The lowest BCUT2D eigenvalue weighted by Crippen LogP contribution is -2.12. The second-order valence-electron chi connectivity index (χ2n) is 5.78. The second-order valence-corrected chi connectivity index (χ2v) is 5.78. The molecule has 134 valence electrons. The van der Waals surface area contributed by atoms with Crippen molar-refractivity contribution in [3.8, 4) is 5.95 Å². The smallest absolute Gasteiger partial charge is 0.261 e. The third-order valence-corrected chi connectivity index (χ3v) is 3.94. The first kappa shape index (κ1) is 17.0. The largest absolute Gasteiger partial charge is 0.433 e. The number of fused-ring (bicyclic) bond motifs is 1. The fourth-order valence-electron chi connectivity index (χ4n) is 2.72. The lowest BCUT2D eigenvalue weighted by molar-refractivity contribution is -0.141. The van der Waals surface area contributed by atoms with Crippen LogP contribution in [-0.2, 0) is 6.18 Å². The third kappa shape index (κ3) is 3.44. The normalized spacial score (nSPS) is 12.1. The van der Waals surface area contributed by atoms with Crippen molar-refractivity contribution in [3.63, 3.8) is 0 Å². The van der Waals surface area contributed by atoms with Crippen LogP contribution >= 0.6 is 0 Å². The maximum absolute atomic E-state index is 13.1. The van der Waals surface area contributed by atoms with Crippen LogP contribution in [0.4, 0.5) is 13.2 Å². The van der Waals surface area contributed by atoms with Crippen LogP contribution in [0.15, 0.2) is 66.9 Å². The predicted molar refractivity (Wildman–Crippen MR) is 97.0 cm³/mol. The Morgan fingerprint density at radius 3 is 2.33 bits per heavy atom. The van der Waals surface area contributed by atoms with E-state index in [0.29, 0.717) is 16.9 Å². The first-order valence-corrected chi connectivity index (χ1v) is 8.13. The highest BCUT2D eigenvalue weighted by molar-refractivity contribution is 5.81. The molecule has 4 nitrogen and oxygen atoms in total. The van der Waals surface area contributed by atoms with E-state index in [1.54, 1.807) is 24.3 Å². The fraction of sp³-hybridized carbons (Fsp3) is 0.0500. The zero-order valence-corrected chi connectivity index (χ0v) is 13.9. The topological polar surface area (TPSA) is 43.6 Å². The Morgan fingerprint density at radius 1 is 0.815 bits per heavy atom. The molecular formula is C20H13F3N4. The Bertz CT molecular complexity index is 1110. The summed E-state index contributed by atoms with van der Waals surface area (Å²) in [5, 5.41) is 0. The maximum Gasteiger partial charge on any atom is 0.433 e. The van der Waals surface area contributed by atoms with Crippen LogP contribution < -0.4 is 0 Å². The number of para-hydroxylation sites is 2. The van der Waals surface area contributed by atoms with Gasteiger partial charge in [-0.05, 0) is 29.8 Å². The molecule has 0 aliphatic heterocycles. The minimum absolute atomic E-state index is 0.0776. The van der Waals surface area contributed by atoms with Crippen molar-refractivity contribution in [2.45, 2.75) is 6.18 Å². The fourth-order valence-corrected chi connectivity index (χ4v) is 2.72. The highest BCUT2D eigenvalue weighted by Gasteiger charge is 2.33. The molecule has 0 aliphatic rings. The first-order valence-electron chi connectivity index (χ1n) is 8.13. The molecule has 27 heavy (non-hydrogen) atoms. The lowest BCUT2D eigenvalue weighted by Gasteiger charge is -2.09. The van der Waals surface area contributed by atoms with E-state index in [0.717, 1.165) is 17.8 Å². The number of rotatable bonds is 3. The van der Waals surface area contributed by atoms with Crippen LogP contribution in [0.25, 0.3) is 29.1 Å². The van der Waals surface area contributed by atoms with Gasteiger partial charge < -0.3 is 0 Å². The van der Waals surface area contributed by atoms with Crippen molar-refractivity contribution in [1.29, 1.82) is 0 Å². The molecule has 0 unspecified atom stereocenters. The van der Waals surface area contributed by atoms with Gasteiger partial charge in [-0.15, -0.1) is 0 Å². The zero-order valence-electron chi connectivity index (χ0n) is 13.9. The standard InChI is InChI=1S/C20H13F3N4/c21-20(22,23)17-12-13-24-19(26-17)27-16-9-5-4-8-15(16)25-18(27)11-10-14-6-2-1-3-7-14/h1-13H/b11-10+. The number of imidazole rings is 1. The molecule has 4 rings (SSSR count). The number of aromatic nitrogens is 4. The Labute approximate surface area is 152 Å². The molecule has 7 heteroatoms. The highest BCUT2D eigenvalue weighted by atomic mass is 19.4. The SMILES string of the molecule is FC(F)(F)c1ccnc(-n2c(/C=C/c3ccccc3)nc3ccccc32)n1. The molecule has 0 N–H and O–H groups in total.